The lowest BCUT2D eigenvalue weighted by molar-refractivity contribution is 0.612. The van der Waals surface area contributed by atoms with Crippen LogP contribution in [0.15, 0.2) is 0 Å². The molecule has 1 aliphatic rings. The summed E-state index contributed by atoms with van der Waals surface area (Å²) in [6, 6.07) is 0. The Morgan fingerprint density at radius 2 is 2.23 bits per heavy atom. The standard InChI is InChI=1S/C10H15N3/c1-3-10-12-7(2)8-4-5-11-6-9(8)13-10/h11H,3-6H2,1-2H3. The van der Waals surface area contributed by atoms with E-state index in [1.54, 1.807) is 0 Å². The fourth-order valence-corrected chi connectivity index (χ4v) is 1.77. The van der Waals surface area contributed by atoms with Gasteiger partial charge in [0, 0.05) is 18.7 Å². The third-order valence-corrected chi connectivity index (χ3v) is 2.51. The number of nitrogens with zero attached hydrogens (tertiary/aromatic N) is 2. The zero-order valence-corrected chi connectivity index (χ0v) is 8.22. The number of hydrogen-bond acceptors (Lipinski definition) is 3. The molecule has 0 amide bonds. The highest BCUT2D eigenvalue weighted by molar-refractivity contribution is 5.27. The number of aromatic nitrogens is 2. The van der Waals surface area contributed by atoms with Gasteiger partial charge in [-0.15, -0.1) is 0 Å². The first kappa shape index (κ1) is 8.63. The number of fused-ring (bicyclic) bond motifs is 1. The third kappa shape index (κ3) is 1.56. The van der Waals surface area contributed by atoms with E-state index in [4.69, 9.17) is 0 Å². The van der Waals surface area contributed by atoms with E-state index in [1.165, 1.54) is 17.0 Å². The summed E-state index contributed by atoms with van der Waals surface area (Å²) in [6.45, 7) is 6.15. The van der Waals surface area contributed by atoms with Crippen LogP contribution in [-0.2, 0) is 19.4 Å². The predicted octanol–water partition coefficient (Wildman–Crippen LogP) is 0.993. The van der Waals surface area contributed by atoms with Crippen LogP contribution in [0.2, 0.25) is 0 Å². The molecule has 13 heavy (non-hydrogen) atoms. The van der Waals surface area contributed by atoms with Gasteiger partial charge in [-0.05, 0) is 25.5 Å². The molecular weight excluding hydrogens is 162 g/mol. The Bertz CT molecular complexity index is 320. The molecule has 2 rings (SSSR count). The fourth-order valence-electron chi connectivity index (χ4n) is 1.77. The maximum atomic E-state index is 4.52. The van der Waals surface area contributed by atoms with Crippen molar-refractivity contribution in [2.24, 2.45) is 0 Å². The molecule has 0 radical (unpaired) electrons. The van der Waals surface area contributed by atoms with Crippen LogP contribution in [-0.4, -0.2) is 16.5 Å². The van der Waals surface area contributed by atoms with Gasteiger partial charge in [0.25, 0.3) is 0 Å². The average molecular weight is 177 g/mol. The van der Waals surface area contributed by atoms with Crippen LogP contribution in [0, 0.1) is 6.92 Å². The number of rotatable bonds is 1. The molecule has 0 saturated carbocycles. The lowest BCUT2D eigenvalue weighted by Crippen LogP contribution is -2.26. The van der Waals surface area contributed by atoms with Crippen molar-refractivity contribution in [2.75, 3.05) is 6.54 Å². The molecule has 0 saturated heterocycles. The highest BCUT2D eigenvalue weighted by Crippen LogP contribution is 2.14. The summed E-state index contributed by atoms with van der Waals surface area (Å²) in [4.78, 5) is 8.99. The minimum Gasteiger partial charge on any atom is -0.311 e. The van der Waals surface area contributed by atoms with E-state index < -0.39 is 0 Å². The number of hydrogen-bond donors (Lipinski definition) is 1. The van der Waals surface area contributed by atoms with Gasteiger partial charge >= 0.3 is 0 Å². The van der Waals surface area contributed by atoms with Crippen molar-refractivity contribution in [1.82, 2.24) is 15.3 Å². The smallest absolute Gasteiger partial charge is 0.128 e. The van der Waals surface area contributed by atoms with E-state index >= 15 is 0 Å². The molecule has 0 atom stereocenters. The first-order chi connectivity index (χ1) is 6.31. The Morgan fingerprint density at radius 3 is 3.00 bits per heavy atom. The lowest BCUT2D eigenvalue weighted by Gasteiger charge is -2.18. The Kier molecular flexibility index (Phi) is 2.27. The summed E-state index contributed by atoms with van der Waals surface area (Å²) < 4.78 is 0. The Hall–Kier alpha value is -0.960. The largest absolute Gasteiger partial charge is 0.311 e. The van der Waals surface area contributed by atoms with E-state index in [0.717, 1.165) is 31.8 Å². The molecule has 3 nitrogen and oxygen atoms in total. The molecule has 0 fully saturated rings. The van der Waals surface area contributed by atoms with Gasteiger partial charge in [0.05, 0.1) is 5.69 Å². The maximum Gasteiger partial charge on any atom is 0.128 e. The topological polar surface area (TPSA) is 37.8 Å². The van der Waals surface area contributed by atoms with E-state index in [-0.39, 0.29) is 0 Å². The van der Waals surface area contributed by atoms with Gasteiger partial charge in [-0.3, -0.25) is 0 Å². The zero-order chi connectivity index (χ0) is 9.26. The molecule has 0 aliphatic carbocycles. The second-order valence-electron chi connectivity index (χ2n) is 3.43. The van der Waals surface area contributed by atoms with Crippen molar-refractivity contribution in [1.29, 1.82) is 0 Å². The van der Waals surface area contributed by atoms with Crippen molar-refractivity contribution in [3.05, 3.63) is 22.8 Å². The summed E-state index contributed by atoms with van der Waals surface area (Å²) in [5.74, 6) is 0.972. The van der Waals surface area contributed by atoms with Gasteiger partial charge in [0.2, 0.25) is 0 Å². The van der Waals surface area contributed by atoms with Gasteiger partial charge in [-0.25, -0.2) is 9.97 Å². The van der Waals surface area contributed by atoms with Crippen LogP contribution >= 0.6 is 0 Å². The molecule has 2 heterocycles. The highest BCUT2D eigenvalue weighted by atomic mass is 15.0. The summed E-state index contributed by atoms with van der Waals surface area (Å²) in [5.41, 5.74) is 3.73. The van der Waals surface area contributed by atoms with Gasteiger partial charge in [-0.1, -0.05) is 6.92 Å². The monoisotopic (exact) mass is 177 g/mol. The molecule has 0 unspecified atom stereocenters. The van der Waals surface area contributed by atoms with Crippen LogP contribution in [0.1, 0.15) is 29.7 Å². The predicted molar refractivity (Wildman–Crippen MR) is 51.6 cm³/mol. The van der Waals surface area contributed by atoms with Crippen molar-refractivity contribution < 1.29 is 0 Å². The molecule has 1 aromatic heterocycles. The van der Waals surface area contributed by atoms with Crippen LogP contribution in [0.5, 0.6) is 0 Å². The van der Waals surface area contributed by atoms with Crippen LogP contribution in [0.25, 0.3) is 0 Å². The first-order valence-electron chi connectivity index (χ1n) is 4.87. The molecule has 70 valence electrons. The molecule has 1 aliphatic heterocycles. The van der Waals surface area contributed by atoms with Gasteiger partial charge in [-0.2, -0.15) is 0 Å². The quantitative estimate of drug-likeness (QED) is 0.695. The number of aryl methyl sites for hydroxylation is 2. The van der Waals surface area contributed by atoms with Gasteiger partial charge < -0.3 is 5.32 Å². The molecule has 0 bridgehead atoms. The van der Waals surface area contributed by atoms with Gasteiger partial charge in [0.15, 0.2) is 0 Å². The minimum absolute atomic E-state index is 0.908. The molecular formula is C10H15N3. The Labute approximate surface area is 78.6 Å². The Morgan fingerprint density at radius 1 is 1.38 bits per heavy atom. The second kappa shape index (κ2) is 3.42. The lowest BCUT2D eigenvalue weighted by atomic mass is 10.0. The van der Waals surface area contributed by atoms with Gasteiger partial charge in [0.1, 0.15) is 5.82 Å². The summed E-state index contributed by atoms with van der Waals surface area (Å²) in [6.07, 6.45) is 2.00. The second-order valence-corrected chi connectivity index (χ2v) is 3.43. The van der Waals surface area contributed by atoms with E-state index in [9.17, 15) is 0 Å². The zero-order valence-electron chi connectivity index (χ0n) is 8.22. The third-order valence-electron chi connectivity index (χ3n) is 2.51. The molecule has 1 aromatic rings. The van der Waals surface area contributed by atoms with Crippen molar-refractivity contribution >= 4 is 0 Å². The normalized spacial score (nSPS) is 15.5. The van der Waals surface area contributed by atoms with E-state index in [2.05, 4.69) is 29.1 Å². The SMILES string of the molecule is CCc1nc(C)c2c(n1)CNCC2. The molecule has 0 aromatic carbocycles. The first-order valence-corrected chi connectivity index (χ1v) is 4.87. The Balaban J connectivity index is 2.47. The summed E-state index contributed by atoms with van der Waals surface area (Å²) >= 11 is 0. The summed E-state index contributed by atoms with van der Waals surface area (Å²) in [5, 5.41) is 3.33. The molecule has 1 N–H and O–H groups in total. The maximum absolute atomic E-state index is 4.52. The van der Waals surface area contributed by atoms with Crippen LogP contribution in [0.4, 0.5) is 0 Å². The summed E-state index contributed by atoms with van der Waals surface area (Å²) in [7, 11) is 0. The van der Waals surface area contributed by atoms with E-state index in [1.807, 2.05) is 0 Å². The molecule has 3 heteroatoms. The van der Waals surface area contributed by atoms with Crippen molar-refractivity contribution in [2.45, 2.75) is 33.2 Å². The molecule has 0 spiro atoms. The van der Waals surface area contributed by atoms with E-state index in [0.29, 0.717) is 0 Å². The average Bonchev–Trinajstić information content (AvgIpc) is 2.18. The number of nitrogens with one attached hydrogen (secondary N) is 1. The highest BCUT2D eigenvalue weighted by Gasteiger charge is 2.13. The fraction of sp³-hybridized carbons (Fsp3) is 0.600. The van der Waals surface area contributed by atoms with Crippen LogP contribution in [0.3, 0.4) is 0 Å². The van der Waals surface area contributed by atoms with Crippen LogP contribution < -0.4 is 5.32 Å². The van der Waals surface area contributed by atoms with Crippen molar-refractivity contribution in [3.8, 4) is 0 Å². The minimum atomic E-state index is 0.908. The van der Waals surface area contributed by atoms with Crippen molar-refractivity contribution in [3.63, 3.8) is 0 Å².